The van der Waals surface area contributed by atoms with Crippen molar-refractivity contribution in [3.05, 3.63) is 29.8 Å². The van der Waals surface area contributed by atoms with Crippen LogP contribution in [0, 0.1) is 0 Å². The predicted octanol–water partition coefficient (Wildman–Crippen LogP) is 1.72. The van der Waals surface area contributed by atoms with Crippen LogP contribution in [0.4, 0.5) is 0 Å². The van der Waals surface area contributed by atoms with Crippen LogP contribution in [0.3, 0.4) is 0 Å². The van der Waals surface area contributed by atoms with Gasteiger partial charge in [-0.15, -0.1) is 0 Å². The van der Waals surface area contributed by atoms with Gasteiger partial charge in [0.25, 0.3) is 5.91 Å². The maximum Gasteiger partial charge on any atom is 0.257 e. The van der Waals surface area contributed by atoms with E-state index < -0.39 is 0 Å². The maximum absolute atomic E-state index is 11.6. The number of hydrogen-bond acceptors (Lipinski definition) is 4. The molecule has 0 bridgehead atoms. The van der Waals surface area contributed by atoms with E-state index in [1.807, 2.05) is 45.2 Å². The summed E-state index contributed by atoms with van der Waals surface area (Å²) in [5.41, 5.74) is 1.18. The second kappa shape index (κ2) is 10.2. The molecule has 0 saturated carbocycles. The molecule has 1 aromatic carbocycles. The van der Waals surface area contributed by atoms with Gasteiger partial charge in [0.1, 0.15) is 5.75 Å². The van der Waals surface area contributed by atoms with Crippen molar-refractivity contribution in [1.82, 2.24) is 10.6 Å². The second-order valence-corrected chi connectivity index (χ2v) is 5.09. The van der Waals surface area contributed by atoms with E-state index in [0.29, 0.717) is 18.9 Å². The van der Waals surface area contributed by atoms with Gasteiger partial charge in [0, 0.05) is 19.7 Å². The van der Waals surface area contributed by atoms with Gasteiger partial charge in [-0.3, -0.25) is 4.79 Å². The van der Waals surface area contributed by atoms with Crippen molar-refractivity contribution < 1.29 is 14.3 Å². The van der Waals surface area contributed by atoms with E-state index in [0.717, 1.165) is 13.0 Å². The van der Waals surface area contributed by atoms with Crippen molar-refractivity contribution in [3.63, 3.8) is 0 Å². The van der Waals surface area contributed by atoms with Crippen molar-refractivity contribution in [2.75, 3.05) is 26.8 Å². The zero-order valence-electron chi connectivity index (χ0n) is 13.1. The Balaban J connectivity index is 2.14. The first-order valence-corrected chi connectivity index (χ1v) is 7.36. The quantitative estimate of drug-likeness (QED) is 0.645. The highest BCUT2D eigenvalue weighted by Crippen LogP contribution is 2.11. The number of benzene rings is 1. The van der Waals surface area contributed by atoms with E-state index in [1.165, 1.54) is 5.56 Å². The topological polar surface area (TPSA) is 59.6 Å². The van der Waals surface area contributed by atoms with Crippen molar-refractivity contribution >= 4 is 5.91 Å². The van der Waals surface area contributed by atoms with Crippen LogP contribution in [0.1, 0.15) is 25.8 Å². The average molecular weight is 294 g/mol. The molecule has 0 unspecified atom stereocenters. The number of hydrogen-bond donors (Lipinski definition) is 2. The summed E-state index contributed by atoms with van der Waals surface area (Å²) < 4.78 is 10.8. The van der Waals surface area contributed by atoms with Crippen LogP contribution in [0.2, 0.25) is 0 Å². The maximum atomic E-state index is 11.6. The Morgan fingerprint density at radius 1 is 1.24 bits per heavy atom. The van der Waals surface area contributed by atoms with Gasteiger partial charge < -0.3 is 20.1 Å². The molecule has 118 valence electrons. The molecule has 0 aromatic heterocycles. The Kier molecular flexibility index (Phi) is 8.47. The van der Waals surface area contributed by atoms with E-state index in [9.17, 15) is 4.79 Å². The highest BCUT2D eigenvalue weighted by Gasteiger charge is 2.02. The third-order valence-electron chi connectivity index (χ3n) is 2.77. The van der Waals surface area contributed by atoms with Crippen LogP contribution in [0.5, 0.6) is 5.75 Å². The lowest BCUT2D eigenvalue weighted by Gasteiger charge is -2.09. The normalized spacial score (nSPS) is 10.7. The van der Waals surface area contributed by atoms with E-state index in [2.05, 4.69) is 10.6 Å². The molecule has 0 fully saturated rings. The van der Waals surface area contributed by atoms with Gasteiger partial charge in [-0.2, -0.15) is 0 Å². The van der Waals surface area contributed by atoms with Gasteiger partial charge >= 0.3 is 0 Å². The molecule has 0 aliphatic heterocycles. The molecule has 1 rings (SSSR count). The molecule has 0 heterocycles. The summed E-state index contributed by atoms with van der Waals surface area (Å²) >= 11 is 0. The fourth-order valence-corrected chi connectivity index (χ4v) is 1.73. The van der Waals surface area contributed by atoms with Gasteiger partial charge in [-0.1, -0.05) is 12.1 Å². The number of carbonyl (C=O) groups excluding carboxylic acids is 1. The van der Waals surface area contributed by atoms with Crippen LogP contribution >= 0.6 is 0 Å². The Morgan fingerprint density at radius 2 is 1.95 bits per heavy atom. The van der Waals surface area contributed by atoms with Crippen LogP contribution in [0.15, 0.2) is 24.3 Å². The van der Waals surface area contributed by atoms with Gasteiger partial charge in [0.05, 0.1) is 6.10 Å². The molecule has 5 nitrogen and oxygen atoms in total. The molecule has 2 N–H and O–H groups in total. The van der Waals surface area contributed by atoms with Gasteiger partial charge in [0.15, 0.2) is 6.61 Å². The van der Waals surface area contributed by atoms with Crippen LogP contribution in [-0.4, -0.2) is 38.8 Å². The number of ether oxygens (including phenoxy) is 2. The van der Waals surface area contributed by atoms with Gasteiger partial charge in [-0.05, 0) is 45.0 Å². The van der Waals surface area contributed by atoms with Gasteiger partial charge in [0.2, 0.25) is 0 Å². The molecular formula is C16H26N2O3. The Bertz CT molecular complexity index is 404. The summed E-state index contributed by atoms with van der Waals surface area (Å²) in [6.07, 6.45) is 1.04. The zero-order chi connectivity index (χ0) is 15.5. The second-order valence-electron chi connectivity index (χ2n) is 5.09. The van der Waals surface area contributed by atoms with E-state index in [4.69, 9.17) is 9.47 Å². The van der Waals surface area contributed by atoms with Crippen LogP contribution in [-0.2, 0) is 16.1 Å². The number of carbonyl (C=O) groups is 1. The molecule has 0 saturated heterocycles. The fraction of sp³-hybridized carbons (Fsp3) is 0.562. The zero-order valence-corrected chi connectivity index (χ0v) is 13.1. The summed E-state index contributed by atoms with van der Waals surface area (Å²) in [4.78, 5) is 11.6. The minimum Gasteiger partial charge on any atom is -0.484 e. The predicted molar refractivity (Wildman–Crippen MR) is 83.4 cm³/mol. The smallest absolute Gasteiger partial charge is 0.257 e. The minimum absolute atomic E-state index is 0.0381. The SMILES string of the molecule is CNCc1ccc(OCC(=O)NCCCOC(C)C)cc1. The summed E-state index contributed by atoms with van der Waals surface area (Å²) in [6, 6.07) is 7.70. The first-order chi connectivity index (χ1) is 10.1. The molecular weight excluding hydrogens is 268 g/mol. The lowest BCUT2D eigenvalue weighted by Crippen LogP contribution is -2.30. The molecule has 0 atom stereocenters. The molecule has 21 heavy (non-hydrogen) atoms. The molecule has 0 spiro atoms. The molecule has 0 aliphatic carbocycles. The van der Waals surface area contributed by atoms with Crippen molar-refractivity contribution in [2.45, 2.75) is 32.9 Å². The monoisotopic (exact) mass is 294 g/mol. The average Bonchev–Trinajstić information content (AvgIpc) is 2.46. The first kappa shape index (κ1) is 17.5. The van der Waals surface area contributed by atoms with Gasteiger partial charge in [-0.25, -0.2) is 0 Å². The largest absolute Gasteiger partial charge is 0.484 e. The third kappa shape index (κ3) is 8.32. The van der Waals surface area contributed by atoms with Crippen LogP contribution in [0.25, 0.3) is 0 Å². The van der Waals surface area contributed by atoms with E-state index >= 15 is 0 Å². The summed E-state index contributed by atoms with van der Waals surface area (Å²) in [5.74, 6) is 0.590. The Labute approximate surface area is 127 Å². The minimum atomic E-state index is -0.112. The number of rotatable bonds is 10. The molecule has 1 amide bonds. The number of nitrogens with one attached hydrogen (secondary N) is 2. The molecule has 1 aromatic rings. The molecule has 5 heteroatoms. The number of amides is 1. The molecule has 0 radical (unpaired) electrons. The third-order valence-corrected chi connectivity index (χ3v) is 2.77. The standard InChI is InChI=1S/C16H26N2O3/c1-13(2)20-10-4-9-18-16(19)12-21-15-7-5-14(6-8-15)11-17-3/h5-8,13,17H,4,9-12H2,1-3H3,(H,18,19). The summed E-state index contributed by atoms with van der Waals surface area (Å²) in [7, 11) is 1.90. The lowest BCUT2D eigenvalue weighted by atomic mass is 10.2. The summed E-state index contributed by atoms with van der Waals surface area (Å²) in [6.45, 7) is 6.11. The van der Waals surface area contributed by atoms with Crippen LogP contribution < -0.4 is 15.4 Å². The van der Waals surface area contributed by atoms with E-state index in [-0.39, 0.29) is 18.6 Å². The Hall–Kier alpha value is -1.59. The molecule has 0 aliphatic rings. The summed E-state index contributed by atoms with van der Waals surface area (Å²) in [5, 5.41) is 5.88. The van der Waals surface area contributed by atoms with E-state index in [1.54, 1.807) is 0 Å². The lowest BCUT2D eigenvalue weighted by molar-refractivity contribution is -0.123. The highest BCUT2D eigenvalue weighted by molar-refractivity contribution is 5.77. The van der Waals surface area contributed by atoms with Crippen molar-refractivity contribution in [2.24, 2.45) is 0 Å². The Morgan fingerprint density at radius 3 is 2.57 bits per heavy atom. The van der Waals surface area contributed by atoms with Crippen molar-refractivity contribution in [3.8, 4) is 5.75 Å². The van der Waals surface area contributed by atoms with Crippen molar-refractivity contribution in [1.29, 1.82) is 0 Å². The highest BCUT2D eigenvalue weighted by atomic mass is 16.5. The fourth-order valence-electron chi connectivity index (χ4n) is 1.73. The first-order valence-electron chi connectivity index (χ1n) is 7.36.